The molecule has 0 aliphatic rings. The molecule has 0 radical (unpaired) electrons. The summed E-state index contributed by atoms with van der Waals surface area (Å²) in [6, 6.07) is 20.3. The lowest BCUT2D eigenvalue weighted by atomic mass is 10.2. The summed E-state index contributed by atoms with van der Waals surface area (Å²) in [6.07, 6.45) is 3.11. The van der Waals surface area contributed by atoms with Crippen molar-refractivity contribution in [3.63, 3.8) is 0 Å². The van der Waals surface area contributed by atoms with Crippen molar-refractivity contribution in [1.29, 1.82) is 0 Å². The standard InChI is InChI=1S/C23H23N3O4S/c1-17(31-21-7-3-2-4-8-21)23(28)26-25-14-18-9-11-19(12-10-18)30-16-22(27)24-15-20-6-5-13-29-20/h2-14,17H,15-16H2,1H3,(H,24,27)(H,26,28)/b25-14-/t17-/m0/s1. The monoisotopic (exact) mass is 437 g/mol. The number of hydrogen-bond donors (Lipinski definition) is 2. The fraction of sp³-hybridized carbons (Fsp3) is 0.174. The third-order valence-corrected chi connectivity index (χ3v) is 5.22. The highest BCUT2D eigenvalue weighted by molar-refractivity contribution is 8.00. The third-order valence-electron chi connectivity index (χ3n) is 4.10. The van der Waals surface area contributed by atoms with Gasteiger partial charge in [0.15, 0.2) is 6.61 Å². The number of hydrazone groups is 1. The topological polar surface area (TPSA) is 92.9 Å². The molecular weight excluding hydrogens is 414 g/mol. The van der Waals surface area contributed by atoms with Crippen molar-refractivity contribution in [3.05, 3.63) is 84.3 Å². The first kappa shape index (κ1) is 22.2. The molecule has 0 aliphatic heterocycles. The van der Waals surface area contributed by atoms with E-state index in [0.717, 1.165) is 10.5 Å². The van der Waals surface area contributed by atoms with E-state index in [1.807, 2.05) is 37.3 Å². The van der Waals surface area contributed by atoms with Gasteiger partial charge in [-0.15, -0.1) is 11.8 Å². The number of hydrogen-bond acceptors (Lipinski definition) is 6. The second-order valence-corrected chi connectivity index (χ2v) is 7.94. The van der Waals surface area contributed by atoms with Gasteiger partial charge in [0, 0.05) is 4.90 Å². The molecule has 1 heterocycles. The number of nitrogens with zero attached hydrogens (tertiary/aromatic N) is 1. The van der Waals surface area contributed by atoms with Gasteiger partial charge in [0.1, 0.15) is 11.5 Å². The van der Waals surface area contributed by atoms with Crippen molar-refractivity contribution in [3.8, 4) is 5.75 Å². The Hall–Kier alpha value is -3.52. The maximum Gasteiger partial charge on any atom is 0.258 e. The minimum Gasteiger partial charge on any atom is -0.484 e. The number of carbonyl (C=O) groups excluding carboxylic acids is 2. The van der Waals surface area contributed by atoms with Crippen LogP contribution in [0.1, 0.15) is 18.2 Å². The van der Waals surface area contributed by atoms with Gasteiger partial charge in [-0.25, -0.2) is 5.43 Å². The van der Waals surface area contributed by atoms with Gasteiger partial charge in [-0.05, 0) is 61.0 Å². The molecule has 0 saturated carbocycles. The maximum absolute atomic E-state index is 12.2. The first-order valence-corrected chi connectivity index (χ1v) is 10.5. The molecule has 2 amide bonds. The number of ether oxygens (including phenoxy) is 1. The Morgan fingerprint density at radius 1 is 1.10 bits per heavy atom. The number of benzene rings is 2. The van der Waals surface area contributed by atoms with Crippen LogP contribution in [0.4, 0.5) is 0 Å². The van der Waals surface area contributed by atoms with E-state index in [0.29, 0.717) is 18.1 Å². The predicted octanol–water partition coefficient (Wildman–Crippen LogP) is 3.61. The largest absolute Gasteiger partial charge is 0.484 e. The molecule has 0 aliphatic carbocycles. The average molecular weight is 438 g/mol. The summed E-state index contributed by atoms with van der Waals surface area (Å²) in [4.78, 5) is 25.0. The Morgan fingerprint density at radius 2 is 1.87 bits per heavy atom. The lowest BCUT2D eigenvalue weighted by Crippen LogP contribution is -2.28. The summed E-state index contributed by atoms with van der Waals surface area (Å²) >= 11 is 1.47. The van der Waals surface area contributed by atoms with Crippen LogP contribution in [-0.2, 0) is 16.1 Å². The molecule has 0 unspecified atom stereocenters. The molecule has 0 fully saturated rings. The molecule has 0 bridgehead atoms. The molecule has 3 rings (SSSR count). The Morgan fingerprint density at radius 3 is 2.58 bits per heavy atom. The van der Waals surface area contributed by atoms with Crippen LogP contribution in [0.2, 0.25) is 0 Å². The average Bonchev–Trinajstić information content (AvgIpc) is 3.31. The highest BCUT2D eigenvalue weighted by Crippen LogP contribution is 2.22. The normalized spacial score (nSPS) is 11.8. The van der Waals surface area contributed by atoms with E-state index in [1.165, 1.54) is 11.8 Å². The van der Waals surface area contributed by atoms with E-state index >= 15 is 0 Å². The number of furan rings is 1. The highest BCUT2D eigenvalue weighted by Gasteiger charge is 2.13. The van der Waals surface area contributed by atoms with Crippen molar-refractivity contribution in [1.82, 2.24) is 10.7 Å². The molecule has 3 aromatic rings. The summed E-state index contributed by atoms with van der Waals surface area (Å²) in [6.45, 7) is 2.05. The zero-order valence-electron chi connectivity index (χ0n) is 17.0. The minimum absolute atomic E-state index is 0.0961. The van der Waals surface area contributed by atoms with Crippen LogP contribution in [0.5, 0.6) is 5.75 Å². The van der Waals surface area contributed by atoms with Gasteiger partial charge in [0.2, 0.25) is 0 Å². The minimum atomic E-state index is -0.269. The van der Waals surface area contributed by atoms with Gasteiger partial charge < -0.3 is 14.5 Å². The van der Waals surface area contributed by atoms with Crippen LogP contribution in [-0.4, -0.2) is 29.9 Å². The van der Waals surface area contributed by atoms with Crippen LogP contribution in [0.3, 0.4) is 0 Å². The summed E-state index contributed by atoms with van der Waals surface area (Å²) in [5, 5.41) is 6.44. The van der Waals surface area contributed by atoms with Crippen molar-refractivity contribution in [2.45, 2.75) is 23.6 Å². The Labute approximate surface area is 184 Å². The van der Waals surface area contributed by atoms with Gasteiger partial charge in [-0.2, -0.15) is 5.10 Å². The van der Waals surface area contributed by atoms with Gasteiger partial charge in [0.25, 0.3) is 11.8 Å². The Bertz CT molecular complexity index is 989. The van der Waals surface area contributed by atoms with Crippen LogP contribution >= 0.6 is 11.8 Å². The zero-order valence-corrected chi connectivity index (χ0v) is 17.8. The van der Waals surface area contributed by atoms with Crippen molar-refractivity contribution >= 4 is 29.8 Å². The van der Waals surface area contributed by atoms with Crippen LogP contribution in [0.25, 0.3) is 0 Å². The van der Waals surface area contributed by atoms with Gasteiger partial charge in [0.05, 0.1) is 24.3 Å². The molecule has 0 saturated heterocycles. The van der Waals surface area contributed by atoms with Crippen LogP contribution in [0.15, 0.2) is 87.4 Å². The fourth-order valence-corrected chi connectivity index (χ4v) is 3.35. The fourth-order valence-electron chi connectivity index (χ4n) is 2.47. The lowest BCUT2D eigenvalue weighted by Gasteiger charge is -2.09. The molecule has 7 nitrogen and oxygen atoms in total. The second-order valence-electron chi connectivity index (χ2n) is 6.52. The number of thioether (sulfide) groups is 1. The molecule has 1 aromatic heterocycles. The first-order chi connectivity index (χ1) is 15.1. The maximum atomic E-state index is 12.2. The summed E-state index contributed by atoms with van der Waals surface area (Å²) < 4.78 is 10.6. The smallest absolute Gasteiger partial charge is 0.258 e. The molecule has 0 spiro atoms. The van der Waals surface area contributed by atoms with Crippen LogP contribution in [0, 0.1) is 0 Å². The first-order valence-electron chi connectivity index (χ1n) is 9.67. The third kappa shape index (κ3) is 7.67. The van der Waals surface area contributed by atoms with Crippen molar-refractivity contribution in [2.24, 2.45) is 5.10 Å². The quantitative estimate of drug-likeness (QED) is 0.287. The Balaban J connectivity index is 1.38. The summed E-state index contributed by atoms with van der Waals surface area (Å²) in [5.74, 6) is 0.817. The molecule has 2 N–H and O–H groups in total. The SMILES string of the molecule is C[C@H](Sc1ccccc1)C(=O)N/N=C\c1ccc(OCC(=O)NCc2ccco2)cc1. The van der Waals surface area contributed by atoms with E-state index < -0.39 is 0 Å². The van der Waals surface area contributed by atoms with E-state index in [9.17, 15) is 9.59 Å². The second kappa shape index (κ2) is 11.6. The summed E-state index contributed by atoms with van der Waals surface area (Å²) in [7, 11) is 0. The molecule has 2 aromatic carbocycles. The van der Waals surface area contributed by atoms with Crippen molar-refractivity contribution < 1.29 is 18.7 Å². The van der Waals surface area contributed by atoms with E-state index in [2.05, 4.69) is 15.8 Å². The van der Waals surface area contributed by atoms with Crippen molar-refractivity contribution in [2.75, 3.05) is 6.61 Å². The molecular formula is C23H23N3O4S. The molecule has 160 valence electrons. The zero-order chi connectivity index (χ0) is 21.9. The number of rotatable bonds is 10. The summed E-state index contributed by atoms with van der Waals surface area (Å²) in [5.41, 5.74) is 3.34. The molecule has 1 atom stereocenters. The number of carbonyl (C=O) groups is 2. The van der Waals surface area contributed by atoms with E-state index in [4.69, 9.17) is 9.15 Å². The number of amides is 2. The molecule has 31 heavy (non-hydrogen) atoms. The lowest BCUT2D eigenvalue weighted by molar-refractivity contribution is -0.123. The molecule has 8 heteroatoms. The highest BCUT2D eigenvalue weighted by atomic mass is 32.2. The number of nitrogens with one attached hydrogen (secondary N) is 2. The van der Waals surface area contributed by atoms with E-state index in [-0.39, 0.29) is 23.7 Å². The predicted molar refractivity (Wildman–Crippen MR) is 120 cm³/mol. The van der Waals surface area contributed by atoms with Gasteiger partial charge in [-0.1, -0.05) is 18.2 Å². The Kier molecular flexibility index (Phi) is 8.30. The van der Waals surface area contributed by atoms with E-state index in [1.54, 1.807) is 48.9 Å². The van der Waals surface area contributed by atoms with Crippen LogP contribution < -0.4 is 15.5 Å². The van der Waals surface area contributed by atoms with Gasteiger partial charge >= 0.3 is 0 Å². The van der Waals surface area contributed by atoms with Gasteiger partial charge in [-0.3, -0.25) is 9.59 Å².